The van der Waals surface area contributed by atoms with Crippen molar-refractivity contribution in [3.05, 3.63) is 0 Å². The van der Waals surface area contributed by atoms with Crippen molar-refractivity contribution < 1.29 is 14.4 Å². The highest BCUT2D eigenvalue weighted by Crippen LogP contribution is 2.01. The third kappa shape index (κ3) is 7.45. The van der Waals surface area contributed by atoms with Crippen LogP contribution < -0.4 is 0 Å². The lowest BCUT2D eigenvalue weighted by atomic mass is 10.2. The third-order valence-corrected chi connectivity index (χ3v) is 4.22. The van der Waals surface area contributed by atoms with E-state index in [-0.39, 0.29) is 37.4 Å². The molecular formula is C16H32N4O3. The van der Waals surface area contributed by atoms with Crippen LogP contribution in [0.1, 0.15) is 27.2 Å². The summed E-state index contributed by atoms with van der Waals surface area (Å²) >= 11 is 0. The van der Waals surface area contributed by atoms with Gasteiger partial charge < -0.3 is 14.7 Å². The molecule has 1 atom stereocenters. The minimum absolute atomic E-state index is 0.0210. The second-order valence-corrected chi connectivity index (χ2v) is 6.08. The molecule has 0 fully saturated rings. The zero-order valence-electron chi connectivity index (χ0n) is 15.6. The molecule has 0 saturated carbocycles. The van der Waals surface area contributed by atoms with Crippen LogP contribution >= 0.6 is 0 Å². The van der Waals surface area contributed by atoms with Crippen molar-refractivity contribution >= 4 is 17.7 Å². The molecule has 0 aliphatic carbocycles. The lowest BCUT2D eigenvalue weighted by molar-refractivity contribution is -0.142. The molecule has 3 amide bonds. The standard InChI is InChI=1S/C16H32N4O3/c1-8-13(3)18(5)10-15(22)20(7)12-16(23)19(6)11-14(21)17(4)9-2/h13H,8-12H2,1-7H3. The van der Waals surface area contributed by atoms with Crippen LogP contribution in [0.5, 0.6) is 0 Å². The molecule has 0 heterocycles. The monoisotopic (exact) mass is 328 g/mol. The van der Waals surface area contributed by atoms with E-state index in [2.05, 4.69) is 13.8 Å². The smallest absolute Gasteiger partial charge is 0.242 e. The Morgan fingerprint density at radius 1 is 0.739 bits per heavy atom. The fourth-order valence-electron chi connectivity index (χ4n) is 1.80. The second-order valence-electron chi connectivity index (χ2n) is 6.08. The molecule has 0 aliphatic rings. The Kier molecular flexibility index (Phi) is 9.48. The molecule has 23 heavy (non-hydrogen) atoms. The van der Waals surface area contributed by atoms with Crippen LogP contribution in [0.3, 0.4) is 0 Å². The fourth-order valence-corrected chi connectivity index (χ4v) is 1.80. The second kappa shape index (κ2) is 10.2. The van der Waals surface area contributed by atoms with Gasteiger partial charge in [0.15, 0.2) is 0 Å². The molecule has 0 aliphatic heterocycles. The van der Waals surface area contributed by atoms with Crippen LogP contribution in [-0.4, -0.2) is 97.7 Å². The van der Waals surface area contributed by atoms with Gasteiger partial charge in [-0.05, 0) is 27.3 Å². The van der Waals surface area contributed by atoms with E-state index in [1.807, 2.05) is 18.9 Å². The molecule has 0 rings (SSSR count). The lowest BCUT2D eigenvalue weighted by Crippen LogP contribution is -2.46. The molecule has 7 nitrogen and oxygen atoms in total. The number of carbonyl (C=O) groups is 3. The molecule has 0 saturated heterocycles. The highest BCUT2D eigenvalue weighted by Gasteiger charge is 2.20. The predicted molar refractivity (Wildman–Crippen MR) is 91.0 cm³/mol. The van der Waals surface area contributed by atoms with Gasteiger partial charge in [0.1, 0.15) is 0 Å². The minimum atomic E-state index is -0.245. The van der Waals surface area contributed by atoms with E-state index < -0.39 is 0 Å². The maximum Gasteiger partial charge on any atom is 0.242 e. The summed E-state index contributed by atoms with van der Waals surface area (Å²) < 4.78 is 0. The number of hydrogen-bond acceptors (Lipinski definition) is 4. The Morgan fingerprint density at radius 3 is 1.52 bits per heavy atom. The van der Waals surface area contributed by atoms with Crippen molar-refractivity contribution in [3.8, 4) is 0 Å². The summed E-state index contributed by atoms with van der Waals surface area (Å²) in [5.74, 6) is -0.467. The van der Waals surface area contributed by atoms with Gasteiger partial charge in [0.2, 0.25) is 17.7 Å². The number of likely N-dealkylation sites (N-methyl/N-ethyl adjacent to an activating group) is 4. The Bertz CT molecular complexity index is 414. The van der Waals surface area contributed by atoms with E-state index >= 15 is 0 Å². The summed E-state index contributed by atoms with van der Waals surface area (Å²) in [5.41, 5.74) is 0. The van der Waals surface area contributed by atoms with Crippen molar-refractivity contribution in [3.63, 3.8) is 0 Å². The molecule has 0 spiro atoms. The van der Waals surface area contributed by atoms with Crippen molar-refractivity contribution in [2.24, 2.45) is 0 Å². The summed E-state index contributed by atoms with van der Waals surface area (Å²) in [6.45, 7) is 6.88. The first kappa shape index (κ1) is 21.4. The maximum atomic E-state index is 12.1. The molecule has 0 bridgehead atoms. The van der Waals surface area contributed by atoms with Crippen LogP contribution in [0.25, 0.3) is 0 Å². The first-order chi connectivity index (χ1) is 10.6. The van der Waals surface area contributed by atoms with Gasteiger partial charge in [-0.1, -0.05) is 6.92 Å². The van der Waals surface area contributed by atoms with Gasteiger partial charge in [-0.25, -0.2) is 0 Å². The van der Waals surface area contributed by atoms with E-state index in [0.717, 1.165) is 6.42 Å². The van der Waals surface area contributed by atoms with Gasteiger partial charge in [-0.3, -0.25) is 19.3 Å². The van der Waals surface area contributed by atoms with E-state index in [0.29, 0.717) is 12.6 Å². The molecule has 0 radical (unpaired) electrons. The molecule has 1 unspecified atom stereocenters. The summed E-state index contributed by atoms with van der Waals surface area (Å²) in [7, 11) is 6.78. The number of carbonyl (C=O) groups excluding carboxylic acids is 3. The molecular weight excluding hydrogens is 296 g/mol. The van der Waals surface area contributed by atoms with Crippen LogP contribution in [0.4, 0.5) is 0 Å². The molecule has 0 aromatic carbocycles. The molecule has 0 aromatic rings. The predicted octanol–water partition coefficient (Wildman–Crippen LogP) is 0.112. The SMILES string of the molecule is CCC(C)N(C)CC(=O)N(C)CC(=O)N(C)CC(=O)N(C)CC. The van der Waals surface area contributed by atoms with Crippen LogP contribution in [0.2, 0.25) is 0 Å². The van der Waals surface area contributed by atoms with Crippen molar-refractivity contribution in [1.29, 1.82) is 0 Å². The molecule has 0 N–H and O–H groups in total. The lowest BCUT2D eigenvalue weighted by Gasteiger charge is -2.27. The maximum absolute atomic E-state index is 12.1. The summed E-state index contributed by atoms with van der Waals surface area (Å²) in [5, 5.41) is 0. The van der Waals surface area contributed by atoms with Crippen molar-refractivity contribution in [2.75, 3.05) is 54.4 Å². The number of nitrogens with zero attached hydrogens (tertiary/aromatic N) is 4. The minimum Gasteiger partial charge on any atom is -0.345 e. The molecule has 134 valence electrons. The quantitative estimate of drug-likeness (QED) is 0.603. The highest BCUT2D eigenvalue weighted by atomic mass is 16.2. The number of rotatable bonds is 9. The Hall–Kier alpha value is -1.63. The Morgan fingerprint density at radius 2 is 1.13 bits per heavy atom. The van der Waals surface area contributed by atoms with Gasteiger partial charge in [-0.2, -0.15) is 0 Å². The van der Waals surface area contributed by atoms with E-state index in [1.165, 1.54) is 9.80 Å². The first-order valence-electron chi connectivity index (χ1n) is 8.06. The first-order valence-corrected chi connectivity index (χ1v) is 8.06. The van der Waals surface area contributed by atoms with Crippen molar-refractivity contribution in [1.82, 2.24) is 19.6 Å². The average Bonchev–Trinajstić information content (AvgIpc) is 2.52. The van der Waals surface area contributed by atoms with Crippen LogP contribution in [0.15, 0.2) is 0 Å². The zero-order chi connectivity index (χ0) is 18.2. The van der Waals surface area contributed by atoms with E-state index in [4.69, 9.17) is 0 Å². The molecule has 7 heteroatoms. The topological polar surface area (TPSA) is 64.2 Å². The van der Waals surface area contributed by atoms with E-state index in [1.54, 1.807) is 26.0 Å². The Labute approximate surface area is 140 Å². The summed E-state index contributed by atoms with van der Waals surface area (Å²) in [4.78, 5) is 42.4. The van der Waals surface area contributed by atoms with Gasteiger partial charge >= 0.3 is 0 Å². The fraction of sp³-hybridized carbons (Fsp3) is 0.812. The third-order valence-electron chi connectivity index (χ3n) is 4.22. The molecule has 0 aromatic heterocycles. The Balaban J connectivity index is 4.42. The van der Waals surface area contributed by atoms with E-state index in [9.17, 15) is 14.4 Å². The van der Waals surface area contributed by atoms with Gasteiger partial charge in [0.05, 0.1) is 19.6 Å². The van der Waals surface area contributed by atoms with Crippen LogP contribution in [-0.2, 0) is 14.4 Å². The van der Waals surface area contributed by atoms with Gasteiger partial charge in [-0.15, -0.1) is 0 Å². The highest BCUT2D eigenvalue weighted by molar-refractivity contribution is 5.88. The van der Waals surface area contributed by atoms with Gasteiger partial charge in [0.25, 0.3) is 0 Å². The summed E-state index contributed by atoms with van der Waals surface area (Å²) in [6.07, 6.45) is 0.961. The normalized spacial score (nSPS) is 12.0. The van der Waals surface area contributed by atoms with Crippen LogP contribution in [0, 0.1) is 0 Å². The zero-order valence-corrected chi connectivity index (χ0v) is 15.6. The van der Waals surface area contributed by atoms with Gasteiger partial charge in [0, 0.05) is 33.7 Å². The largest absolute Gasteiger partial charge is 0.345 e. The average molecular weight is 328 g/mol. The summed E-state index contributed by atoms with van der Waals surface area (Å²) in [6, 6.07) is 0.313. The van der Waals surface area contributed by atoms with Crippen molar-refractivity contribution in [2.45, 2.75) is 33.2 Å². The number of hydrogen-bond donors (Lipinski definition) is 0. The number of amides is 3.